The maximum absolute atomic E-state index is 13.4. The van der Waals surface area contributed by atoms with Crippen molar-refractivity contribution in [1.82, 2.24) is 4.98 Å². The summed E-state index contributed by atoms with van der Waals surface area (Å²) in [6.45, 7) is 3.98. The van der Waals surface area contributed by atoms with Crippen molar-refractivity contribution >= 4 is 44.1 Å². The van der Waals surface area contributed by atoms with E-state index in [9.17, 15) is 14.7 Å². The van der Waals surface area contributed by atoms with Gasteiger partial charge in [-0.2, -0.15) is 0 Å². The van der Waals surface area contributed by atoms with Gasteiger partial charge >= 0.3 is 5.91 Å². The van der Waals surface area contributed by atoms with Crippen LogP contribution in [0.15, 0.2) is 72.3 Å². The number of hydrogen-bond acceptors (Lipinski definition) is 6. The lowest BCUT2D eigenvalue weighted by Crippen LogP contribution is -2.29. The molecule has 0 bridgehead atoms. The zero-order chi connectivity index (χ0) is 24.0. The number of aryl methyl sites for hydroxylation is 2. The third-order valence-corrected chi connectivity index (χ3v) is 6.95. The summed E-state index contributed by atoms with van der Waals surface area (Å²) in [5.41, 5.74) is 3.92. The van der Waals surface area contributed by atoms with Crippen molar-refractivity contribution in [2.45, 2.75) is 19.9 Å². The number of Topliss-reactive ketones (excluding diaryl/α,β-unsaturated/α-hetero) is 1. The van der Waals surface area contributed by atoms with Crippen LogP contribution < -0.4 is 9.64 Å². The van der Waals surface area contributed by atoms with Gasteiger partial charge in [-0.25, -0.2) is 4.98 Å². The molecule has 1 atom stereocenters. The molecule has 0 unspecified atom stereocenters. The molecule has 0 saturated carbocycles. The summed E-state index contributed by atoms with van der Waals surface area (Å²) >= 11 is 1.35. The molecular weight excluding hydrogens is 448 g/mol. The van der Waals surface area contributed by atoms with Gasteiger partial charge in [0, 0.05) is 11.1 Å². The van der Waals surface area contributed by atoms with Crippen molar-refractivity contribution in [1.29, 1.82) is 0 Å². The molecule has 5 rings (SSSR count). The molecule has 0 spiro atoms. The van der Waals surface area contributed by atoms with E-state index in [4.69, 9.17) is 9.72 Å². The number of aliphatic hydroxyl groups is 1. The Morgan fingerprint density at radius 1 is 1.03 bits per heavy atom. The van der Waals surface area contributed by atoms with Gasteiger partial charge in [0.1, 0.15) is 17.6 Å². The Morgan fingerprint density at radius 3 is 2.47 bits per heavy atom. The number of para-hydroxylation sites is 1. The molecule has 6 nitrogen and oxygen atoms in total. The van der Waals surface area contributed by atoms with E-state index in [0.717, 1.165) is 21.3 Å². The van der Waals surface area contributed by atoms with Crippen molar-refractivity contribution in [3.63, 3.8) is 0 Å². The largest absolute Gasteiger partial charge is 0.507 e. The molecule has 0 aliphatic carbocycles. The number of fused-ring (bicyclic) bond motifs is 1. The van der Waals surface area contributed by atoms with E-state index in [0.29, 0.717) is 22.0 Å². The van der Waals surface area contributed by atoms with Crippen LogP contribution in [0.1, 0.15) is 28.3 Å². The molecule has 1 saturated heterocycles. The van der Waals surface area contributed by atoms with Crippen LogP contribution in [0.5, 0.6) is 5.75 Å². The molecule has 1 fully saturated rings. The normalized spacial score (nSPS) is 17.5. The second-order valence-corrected chi connectivity index (χ2v) is 9.21. The van der Waals surface area contributed by atoms with Gasteiger partial charge in [0.15, 0.2) is 5.13 Å². The fourth-order valence-corrected chi connectivity index (χ4v) is 5.60. The lowest BCUT2D eigenvalue weighted by atomic mass is 9.95. The number of methoxy groups -OCH3 is 1. The number of thiazole rings is 1. The molecule has 170 valence electrons. The predicted molar refractivity (Wildman–Crippen MR) is 133 cm³/mol. The van der Waals surface area contributed by atoms with Crippen LogP contribution in [0.4, 0.5) is 5.13 Å². The highest BCUT2D eigenvalue weighted by molar-refractivity contribution is 7.22. The number of carbonyl (C=O) groups is 2. The van der Waals surface area contributed by atoms with E-state index in [2.05, 4.69) is 0 Å². The maximum Gasteiger partial charge on any atom is 0.301 e. The monoisotopic (exact) mass is 470 g/mol. The van der Waals surface area contributed by atoms with Crippen LogP contribution in [0.25, 0.3) is 16.0 Å². The number of nitrogens with zero attached hydrogens (tertiary/aromatic N) is 2. The summed E-state index contributed by atoms with van der Waals surface area (Å²) in [5, 5.41) is 11.6. The Morgan fingerprint density at radius 2 is 1.74 bits per heavy atom. The van der Waals surface area contributed by atoms with Gasteiger partial charge in [-0.3, -0.25) is 14.5 Å². The molecule has 4 aromatic rings. The van der Waals surface area contributed by atoms with Crippen LogP contribution in [0.3, 0.4) is 0 Å². The Kier molecular flexibility index (Phi) is 5.42. The quantitative estimate of drug-likeness (QED) is 0.240. The zero-order valence-electron chi connectivity index (χ0n) is 18.9. The number of rotatable bonds is 4. The van der Waals surface area contributed by atoms with Crippen LogP contribution >= 0.6 is 11.3 Å². The predicted octanol–water partition coefficient (Wildman–Crippen LogP) is 5.55. The molecule has 1 aliphatic rings. The van der Waals surface area contributed by atoms with Crippen molar-refractivity contribution < 1.29 is 19.4 Å². The SMILES string of the molecule is COc1ccccc1[C@H]1/C(=C(\O)c2ccccc2)C(=O)C(=O)N1c1nc2c(C)cc(C)cc2s1. The number of aromatic nitrogens is 1. The number of ketones is 1. The molecule has 1 amide bonds. The van der Waals surface area contributed by atoms with Crippen LogP contribution in [0, 0.1) is 13.8 Å². The summed E-state index contributed by atoms with van der Waals surface area (Å²) < 4.78 is 6.50. The number of hydrogen-bond donors (Lipinski definition) is 1. The van der Waals surface area contributed by atoms with Gasteiger partial charge < -0.3 is 9.84 Å². The Labute approximate surface area is 200 Å². The minimum atomic E-state index is -0.890. The number of aliphatic hydroxyl groups excluding tert-OH is 1. The van der Waals surface area contributed by atoms with Gasteiger partial charge in [0.2, 0.25) is 0 Å². The van der Waals surface area contributed by atoms with E-state index in [1.54, 1.807) is 36.4 Å². The van der Waals surface area contributed by atoms with Crippen molar-refractivity contribution in [2.75, 3.05) is 12.0 Å². The Bertz CT molecular complexity index is 1470. The minimum absolute atomic E-state index is 0.00728. The van der Waals surface area contributed by atoms with Crippen LogP contribution in [-0.2, 0) is 9.59 Å². The third kappa shape index (κ3) is 3.45. The highest BCUT2D eigenvalue weighted by Gasteiger charge is 2.49. The van der Waals surface area contributed by atoms with Gasteiger partial charge in [-0.05, 0) is 37.1 Å². The number of benzene rings is 3. The van der Waals surface area contributed by atoms with Gasteiger partial charge in [0.05, 0.1) is 22.9 Å². The summed E-state index contributed by atoms with van der Waals surface area (Å²) in [6, 6.07) is 19.1. The molecule has 34 heavy (non-hydrogen) atoms. The van der Waals surface area contributed by atoms with Gasteiger partial charge in [0.25, 0.3) is 5.78 Å². The third-order valence-electron chi connectivity index (χ3n) is 5.95. The van der Waals surface area contributed by atoms with Gasteiger partial charge in [-0.15, -0.1) is 0 Å². The van der Waals surface area contributed by atoms with Crippen molar-refractivity contribution in [3.8, 4) is 5.75 Å². The van der Waals surface area contributed by atoms with Crippen molar-refractivity contribution in [3.05, 3.63) is 94.6 Å². The first-order chi connectivity index (χ1) is 16.4. The molecule has 3 aromatic carbocycles. The minimum Gasteiger partial charge on any atom is -0.507 e. The highest BCUT2D eigenvalue weighted by atomic mass is 32.1. The highest BCUT2D eigenvalue weighted by Crippen LogP contribution is 2.46. The van der Waals surface area contributed by atoms with E-state index >= 15 is 0 Å². The summed E-state index contributed by atoms with van der Waals surface area (Å²) in [5.74, 6) is -1.22. The standard InChI is InChI=1S/C27H22N2O4S/c1-15-13-16(2)22-20(14-15)34-27(28-22)29-23(18-11-7-8-12-19(18)33-3)21(25(31)26(29)32)24(30)17-9-5-4-6-10-17/h4-14,23,30H,1-3H3/b24-21+/t23-/m0/s1. The molecule has 1 aliphatic heterocycles. The smallest absolute Gasteiger partial charge is 0.301 e. The topological polar surface area (TPSA) is 79.7 Å². The molecule has 7 heteroatoms. The second-order valence-electron chi connectivity index (χ2n) is 8.20. The average molecular weight is 471 g/mol. The summed E-state index contributed by atoms with van der Waals surface area (Å²) in [6.07, 6.45) is 0. The number of carbonyl (C=O) groups excluding carboxylic acids is 2. The van der Waals surface area contributed by atoms with E-state index in [1.165, 1.54) is 23.3 Å². The lowest BCUT2D eigenvalue weighted by Gasteiger charge is -2.24. The summed E-state index contributed by atoms with van der Waals surface area (Å²) in [7, 11) is 1.53. The first-order valence-corrected chi connectivity index (χ1v) is 11.6. The molecular formula is C27H22N2O4S. The van der Waals surface area contributed by atoms with Gasteiger partial charge in [-0.1, -0.05) is 65.9 Å². The van der Waals surface area contributed by atoms with Crippen LogP contribution in [0.2, 0.25) is 0 Å². The molecule has 1 N–H and O–H groups in total. The number of ether oxygens (including phenoxy) is 1. The summed E-state index contributed by atoms with van der Waals surface area (Å²) in [4.78, 5) is 32.9. The molecule has 2 heterocycles. The van der Waals surface area contributed by atoms with Crippen LogP contribution in [-0.4, -0.2) is 28.9 Å². The van der Waals surface area contributed by atoms with Crippen molar-refractivity contribution in [2.24, 2.45) is 0 Å². The number of amides is 1. The fraction of sp³-hybridized carbons (Fsp3) is 0.148. The molecule has 1 aromatic heterocycles. The first kappa shape index (κ1) is 21.9. The van der Waals surface area contributed by atoms with E-state index in [-0.39, 0.29) is 11.3 Å². The fourth-order valence-electron chi connectivity index (χ4n) is 4.43. The number of anilines is 1. The van der Waals surface area contributed by atoms with E-state index < -0.39 is 17.7 Å². The Hall–Kier alpha value is -3.97. The lowest BCUT2D eigenvalue weighted by molar-refractivity contribution is -0.132. The van der Waals surface area contributed by atoms with E-state index in [1.807, 2.05) is 44.2 Å². The molecule has 0 radical (unpaired) electrons. The Balaban J connectivity index is 1.78. The average Bonchev–Trinajstić information content (AvgIpc) is 3.37. The second kappa shape index (κ2) is 8.43. The zero-order valence-corrected chi connectivity index (χ0v) is 19.7. The maximum atomic E-state index is 13.4. The first-order valence-electron chi connectivity index (χ1n) is 10.8.